The highest BCUT2D eigenvalue weighted by atomic mass is 32.2. The molecule has 0 saturated carbocycles. The largest absolute Gasteiger partial charge is 0.301 e. The molecule has 0 amide bonds. The minimum absolute atomic E-state index is 0.00308. The van der Waals surface area contributed by atoms with Gasteiger partial charge >= 0.3 is 10.2 Å². The van der Waals surface area contributed by atoms with Crippen molar-refractivity contribution >= 4 is 26.7 Å². The van der Waals surface area contributed by atoms with Crippen LogP contribution in [0.2, 0.25) is 0 Å². The molecule has 0 aliphatic heterocycles. The zero-order valence-corrected chi connectivity index (χ0v) is 11.0. The molecule has 9 heteroatoms. The lowest BCUT2D eigenvalue weighted by atomic mass is 10.2. The topological polar surface area (TPSA) is 115 Å². The van der Waals surface area contributed by atoms with Crippen molar-refractivity contribution in [2.24, 2.45) is 0 Å². The molecule has 0 bridgehead atoms. The van der Waals surface area contributed by atoms with Gasteiger partial charge in [0.1, 0.15) is 0 Å². The maximum Gasteiger partial charge on any atom is 0.301 e. The van der Waals surface area contributed by atoms with Gasteiger partial charge in [-0.1, -0.05) is 6.07 Å². The number of aromatic amines is 2. The van der Waals surface area contributed by atoms with Crippen LogP contribution < -0.4 is 15.8 Å². The lowest BCUT2D eigenvalue weighted by molar-refractivity contribution is 0.527. The molecule has 3 N–H and O–H groups in total. The fraction of sp³-hybridized carbons (Fsp3) is 0.200. The van der Waals surface area contributed by atoms with Crippen LogP contribution in [-0.4, -0.2) is 37.0 Å². The first-order chi connectivity index (χ1) is 8.83. The van der Waals surface area contributed by atoms with E-state index in [9.17, 15) is 18.0 Å². The standard InChI is InChI=1S/C10H12N4O4S/c1-14(2)19(17,18)13-7-5-3-4-6-8(7)10(16)12-11-9(6)15/h3-5,13H,1-2H3,(H,11,15)(H,12,16). The van der Waals surface area contributed by atoms with Gasteiger partial charge in [-0.15, -0.1) is 0 Å². The summed E-state index contributed by atoms with van der Waals surface area (Å²) in [5, 5.41) is 4.44. The summed E-state index contributed by atoms with van der Waals surface area (Å²) in [5.41, 5.74) is -1.02. The third-order valence-corrected chi connectivity index (χ3v) is 3.98. The van der Waals surface area contributed by atoms with Gasteiger partial charge in [0.2, 0.25) is 0 Å². The van der Waals surface area contributed by atoms with Gasteiger partial charge in [-0.2, -0.15) is 12.7 Å². The molecule has 0 radical (unpaired) electrons. The van der Waals surface area contributed by atoms with Crippen molar-refractivity contribution in [3.05, 3.63) is 38.9 Å². The van der Waals surface area contributed by atoms with E-state index in [4.69, 9.17) is 0 Å². The summed E-state index contributed by atoms with van der Waals surface area (Å²) in [6.07, 6.45) is 0. The predicted molar refractivity (Wildman–Crippen MR) is 71.4 cm³/mol. The molecule has 0 atom stereocenters. The number of hydrogen-bond acceptors (Lipinski definition) is 4. The first-order valence-corrected chi connectivity index (χ1v) is 6.71. The van der Waals surface area contributed by atoms with E-state index in [-0.39, 0.29) is 16.5 Å². The molecular formula is C10H12N4O4S. The van der Waals surface area contributed by atoms with E-state index in [1.807, 2.05) is 0 Å². The minimum atomic E-state index is -3.75. The number of nitrogens with one attached hydrogen (secondary N) is 3. The number of rotatable bonds is 3. The summed E-state index contributed by atoms with van der Waals surface area (Å²) >= 11 is 0. The van der Waals surface area contributed by atoms with Crippen molar-refractivity contribution in [3.8, 4) is 0 Å². The molecule has 8 nitrogen and oxygen atoms in total. The lowest BCUT2D eigenvalue weighted by Gasteiger charge is -2.14. The molecule has 0 saturated heterocycles. The highest BCUT2D eigenvalue weighted by Gasteiger charge is 2.16. The molecule has 0 fully saturated rings. The van der Waals surface area contributed by atoms with Crippen LogP contribution in [0.3, 0.4) is 0 Å². The molecule has 0 aliphatic rings. The molecule has 0 aliphatic carbocycles. The number of aromatic nitrogens is 2. The van der Waals surface area contributed by atoms with Gasteiger partial charge in [0.05, 0.1) is 16.5 Å². The van der Waals surface area contributed by atoms with Crippen LogP contribution in [-0.2, 0) is 10.2 Å². The first kappa shape index (κ1) is 13.3. The van der Waals surface area contributed by atoms with Crippen LogP contribution >= 0.6 is 0 Å². The quantitative estimate of drug-likeness (QED) is 0.700. The summed E-state index contributed by atoms with van der Waals surface area (Å²) < 4.78 is 26.7. The van der Waals surface area contributed by atoms with Crippen molar-refractivity contribution in [2.75, 3.05) is 18.8 Å². The molecule has 1 heterocycles. The SMILES string of the molecule is CN(C)S(=O)(=O)Nc1cccc2c(=O)[nH][nH]c(=O)c12. The molecular weight excluding hydrogens is 272 g/mol. The maximum absolute atomic E-state index is 11.8. The van der Waals surface area contributed by atoms with E-state index in [2.05, 4.69) is 14.9 Å². The average Bonchev–Trinajstić information content (AvgIpc) is 2.33. The Bertz CT molecular complexity index is 834. The normalized spacial score (nSPS) is 11.9. The Morgan fingerprint density at radius 3 is 2.37 bits per heavy atom. The van der Waals surface area contributed by atoms with Crippen molar-refractivity contribution in [2.45, 2.75) is 0 Å². The Morgan fingerprint density at radius 1 is 1.11 bits per heavy atom. The lowest BCUT2D eigenvalue weighted by Crippen LogP contribution is -2.30. The molecule has 2 rings (SSSR count). The van der Waals surface area contributed by atoms with Crippen molar-refractivity contribution in [1.82, 2.24) is 14.5 Å². The van der Waals surface area contributed by atoms with Gasteiger partial charge < -0.3 is 0 Å². The van der Waals surface area contributed by atoms with Crippen LogP contribution in [0.15, 0.2) is 27.8 Å². The number of fused-ring (bicyclic) bond motifs is 1. The van der Waals surface area contributed by atoms with Crippen LogP contribution in [0.5, 0.6) is 0 Å². The van der Waals surface area contributed by atoms with E-state index < -0.39 is 21.3 Å². The average molecular weight is 284 g/mol. The molecule has 0 unspecified atom stereocenters. The van der Waals surface area contributed by atoms with E-state index >= 15 is 0 Å². The Morgan fingerprint density at radius 2 is 1.74 bits per heavy atom. The third-order valence-electron chi connectivity index (χ3n) is 2.55. The van der Waals surface area contributed by atoms with Gasteiger partial charge in [-0.25, -0.2) is 0 Å². The van der Waals surface area contributed by atoms with E-state index in [1.165, 1.54) is 32.3 Å². The zero-order valence-electron chi connectivity index (χ0n) is 10.2. The monoisotopic (exact) mass is 284 g/mol. The second kappa shape index (κ2) is 4.52. The number of anilines is 1. The highest BCUT2D eigenvalue weighted by Crippen LogP contribution is 2.18. The molecule has 1 aromatic carbocycles. The molecule has 1 aromatic heterocycles. The molecule has 102 valence electrons. The van der Waals surface area contributed by atoms with Crippen molar-refractivity contribution in [3.63, 3.8) is 0 Å². The van der Waals surface area contributed by atoms with Gasteiger partial charge in [-0.05, 0) is 12.1 Å². The molecule has 19 heavy (non-hydrogen) atoms. The fourth-order valence-corrected chi connectivity index (χ4v) is 2.18. The summed E-state index contributed by atoms with van der Waals surface area (Å²) in [5.74, 6) is 0. The van der Waals surface area contributed by atoms with Crippen LogP contribution in [0.25, 0.3) is 10.8 Å². The number of H-pyrrole nitrogens is 2. The number of hydrogen-bond donors (Lipinski definition) is 3. The third kappa shape index (κ3) is 2.37. The Labute approximate surface area is 108 Å². The van der Waals surface area contributed by atoms with Crippen molar-refractivity contribution < 1.29 is 8.42 Å². The number of benzene rings is 1. The second-order valence-corrected chi connectivity index (χ2v) is 5.91. The Hall–Kier alpha value is -2.13. The summed E-state index contributed by atoms with van der Waals surface area (Å²) in [6, 6.07) is 4.35. The highest BCUT2D eigenvalue weighted by molar-refractivity contribution is 7.90. The number of nitrogens with zero attached hydrogens (tertiary/aromatic N) is 1. The smallest absolute Gasteiger partial charge is 0.270 e. The Balaban J connectivity index is 2.73. The van der Waals surface area contributed by atoms with E-state index in [0.717, 1.165) is 4.31 Å². The summed E-state index contributed by atoms with van der Waals surface area (Å²) in [7, 11) is -1.05. The van der Waals surface area contributed by atoms with Gasteiger partial charge in [0.15, 0.2) is 0 Å². The van der Waals surface area contributed by atoms with E-state index in [0.29, 0.717) is 0 Å². The Kier molecular flexibility index (Phi) is 3.16. The zero-order chi connectivity index (χ0) is 14.2. The van der Waals surface area contributed by atoms with Crippen LogP contribution in [0.1, 0.15) is 0 Å². The van der Waals surface area contributed by atoms with Crippen LogP contribution in [0, 0.1) is 0 Å². The van der Waals surface area contributed by atoms with E-state index in [1.54, 1.807) is 0 Å². The maximum atomic E-state index is 11.8. The minimum Gasteiger partial charge on any atom is -0.270 e. The van der Waals surface area contributed by atoms with Gasteiger partial charge in [0.25, 0.3) is 11.1 Å². The fourth-order valence-electron chi connectivity index (χ4n) is 1.54. The van der Waals surface area contributed by atoms with Crippen molar-refractivity contribution in [1.29, 1.82) is 0 Å². The van der Waals surface area contributed by atoms with Gasteiger partial charge in [0, 0.05) is 14.1 Å². The first-order valence-electron chi connectivity index (χ1n) is 5.27. The van der Waals surface area contributed by atoms with Crippen LogP contribution in [0.4, 0.5) is 5.69 Å². The summed E-state index contributed by atoms with van der Waals surface area (Å²) in [6.45, 7) is 0. The molecule has 2 aromatic rings. The second-order valence-electron chi connectivity index (χ2n) is 4.03. The van der Waals surface area contributed by atoms with Gasteiger partial charge in [-0.3, -0.25) is 24.5 Å². The predicted octanol–water partition coefficient (Wildman–Crippen LogP) is -0.565. The molecule has 0 spiro atoms. The summed E-state index contributed by atoms with van der Waals surface area (Å²) in [4.78, 5) is 23.3.